The molecule has 0 saturated carbocycles. The molecule has 0 radical (unpaired) electrons. The van der Waals surface area contributed by atoms with Crippen LogP contribution < -0.4 is 15.5 Å². The minimum atomic E-state index is -0.226. The molecule has 2 aromatic rings. The van der Waals surface area contributed by atoms with E-state index >= 15 is 0 Å². The van der Waals surface area contributed by atoms with Crippen molar-refractivity contribution in [2.24, 2.45) is 4.99 Å². The number of halogens is 1. The third kappa shape index (κ3) is 4.83. The van der Waals surface area contributed by atoms with Crippen molar-refractivity contribution in [3.8, 4) is 0 Å². The van der Waals surface area contributed by atoms with Gasteiger partial charge < -0.3 is 15.5 Å². The Kier molecular flexibility index (Phi) is 5.67. The first-order valence-corrected chi connectivity index (χ1v) is 8.42. The van der Waals surface area contributed by atoms with Crippen LogP contribution in [-0.2, 0) is 13.1 Å². The fourth-order valence-electron chi connectivity index (χ4n) is 2.79. The Morgan fingerprint density at radius 1 is 1.00 bits per heavy atom. The van der Waals surface area contributed by atoms with Gasteiger partial charge in [-0.15, -0.1) is 0 Å². The number of nitrogens with one attached hydrogen (secondary N) is 2. The fourth-order valence-corrected chi connectivity index (χ4v) is 2.79. The van der Waals surface area contributed by atoms with E-state index in [1.54, 1.807) is 13.1 Å². The number of hydrogen-bond acceptors (Lipinski definition) is 2. The molecule has 1 aliphatic heterocycles. The normalized spacial score (nSPS) is 14.0. The summed E-state index contributed by atoms with van der Waals surface area (Å²) in [6.07, 6.45) is 4.37. The standard InChI is InChI=1S/C20H23FN4/c1-22-20(23-14-16-6-4-8-18(21)12-16)24-15-17-7-5-9-19(13-17)25-10-2-3-11-25/h2-9,12-13H,10-11,14-15H2,1H3,(H2,22,23,24). The van der Waals surface area contributed by atoms with E-state index < -0.39 is 0 Å². The maximum Gasteiger partial charge on any atom is 0.191 e. The zero-order valence-corrected chi connectivity index (χ0v) is 14.4. The minimum absolute atomic E-state index is 0.226. The summed E-state index contributed by atoms with van der Waals surface area (Å²) >= 11 is 0. The van der Waals surface area contributed by atoms with Crippen molar-refractivity contribution in [2.45, 2.75) is 13.1 Å². The average Bonchev–Trinajstić information content (AvgIpc) is 3.17. The average molecular weight is 338 g/mol. The van der Waals surface area contributed by atoms with Crippen LogP contribution >= 0.6 is 0 Å². The van der Waals surface area contributed by atoms with Crippen LogP contribution in [-0.4, -0.2) is 26.1 Å². The lowest BCUT2D eigenvalue weighted by Gasteiger charge is -2.19. The van der Waals surface area contributed by atoms with Gasteiger partial charge in [-0.25, -0.2) is 4.39 Å². The number of rotatable bonds is 5. The summed E-state index contributed by atoms with van der Waals surface area (Å²) in [5.41, 5.74) is 3.30. The Bertz CT molecular complexity index is 762. The highest BCUT2D eigenvalue weighted by atomic mass is 19.1. The van der Waals surface area contributed by atoms with Crippen LogP contribution in [0.4, 0.5) is 10.1 Å². The molecule has 0 bridgehead atoms. The highest BCUT2D eigenvalue weighted by molar-refractivity contribution is 5.79. The summed E-state index contributed by atoms with van der Waals surface area (Å²) < 4.78 is 13.2. The Hall–Kier alpha value is -2.82. The number of guanidine groups is 1. The maximum absolute atomic E-state index is 13.2. The summed E-state index contributed by atoms with van der Waals surface area (Å²) in [4.78, 5) is 6.54. The third-order valence-electron chi connectivity index (χ3n) is 4.13. The zero-order valence-electron chi connectivity index (χ0n) is 14.4. The highest BCUT2D eigenvalue weighted by Gasteiger charge is 2.08. The van der Waals surface area contributed by atoms with Gasteiger partial charge in [0.05, 0.1) is 0 Å². The number of benzene rings is 2. The van der Waals surface area contributed by atoms with Crippen molar-refractivity contribution in [1.82, 2.24) is 10.6 Å². The summed E-state index contributed by atoms with van der Waals surface area (Å²) in [5.74, 6) is 0.466. The quantitative estimate of drug-likeness (QED) is 0.500. The first-order chi connectivity index (χ1) is 12.2. The van der Waals surface area contributed by atoms with E-state index in [-0.39, 0.29) is 5.82 Å². The molecule has 0 saturated heterocycles. The van der Waals surface area contributed by atoms with E-state index in [0.717, 1.165) is 18.7 Å². The second kappa shape index (κ2) is 8.33. The van der Waals surface area contributed by atoms with Crippen molar-refractivity contribution < 1.29 is 4.39 Å². The van der Waals surface area contributed by atoms with Crippen LogP contribution in [0.25, 0.3) is 0 Å². The molecule has 2 aromatic carbocycles. The molecule has 0 aliphatic carbocycles. The number of nitrogens with zero attached hydrogens (tertiary/aromatic N) is 2. The molecule has 3 rings (SSSR count). The monoisotopic (exact) mass is 338 g/mol. The molecule has 1 aliphatic rings. The van der Waals surface area contributed by atoms with Gasteiger partial charge in [-0.05, 0) is 35.4 Å². The van der Waals surface area contributed by atoms with E-state index in [2.05, 4.69) is 56.9 Å². The van der Waals surface area contributed by atoms with Gasteiger partial charge in [-0.1, -0.05) is 36.4 Å². The zero-order chi connectivity index (χ0) is 17.5. The number of anilines is 1. The molecule has 0 spiro atoms. The second-order valence-electron chi connectivity index (χ2n) is 5.96. The first-order valence-electron chi connectivity index (χ1n) is 8.42. The van der Waals surface area contributed by atoms with Crippen molar-refractivity contribution in [2.75, 3.05) is 25.0 Å². The van der Waals surface area contributed by atoms with Crippen molar-refractivity contribution in [1.29, 1.82) is 0 Å². The molecule has 130 valence electrons. The molecule has 1 heterocycles. The smallest absolute Gasteiger partial charge is 0.191 e. The highest BCUT2D eigenvalue weighted by Crippen LogP contribution is 2.18. The summed E-state index contributed by atoms with van der Waals surface area (Å²) in [6.45, 7) is 3.14. The van der Waals surface area contributed by atoms with E-state index in [9.17, 15) is 4.39 Å². The number of aliphatic imine (C=N–C) groups is 1. The largest absolute Gasteiger partial charge is 0.364 e. The van der Waals surface area contributed by atoms with Gasteiger partial charge in [0, 0.05) is 38.9 Å². The van der Waals surface area contributed by atoms with Gasteiger partial charge >= 0.3 is 0 Å². The molecule has 0 amide bonds. The van der Waals surface area contributed by atoms with Crippen LogP contribution in [0.5, 0.6) is 0 Å². The lowest BCUT2D eigenvalue weighted by atomic mass is 10.2. The Labute approximate surface area is 148 Å². The summed E-state index contributed by atoms with van der Waals surface area (Å²) in [7, 11) is 1.73. The minimum Gasteiger partial charge on any atom is -0.364 e. The fraction of sp³-hybridized carbons (Fsp3) is 0.250. The van der Waals surface area contributed by atoms with Crippen LogP contribution in [0.3, 0.4) is 0 Å². The molecule has 2 N–H and O–H groups in total. The maximum atomic E-state index is 13.2. The molecule has 0 atom stereocenters. The van der Waals surface area contributed by atoms with Gasteiger partial charge in [0.25, 0.3) is 0 Å². The second-order valence-corrected chi connectivity index (χ2v) is 5.96. The molecule has 5 heteroatoms. The van der Waals surface area contributed by atoms with E-state index in [1.165, 1.54) is 23.4 Å². The molecular formula is C20H23FN4. The topological polar surface area (TPSA) is 39.7 Å². The lowest BCUT2D eigenvalue weighted by molar-refractivity contribution is 0.624. The van der Waals surface area contributed by atoms with Crippen LogP contribution in [0.2, 0.25) is 0 Å². The van der Waals surface area contributed by atoms with Crippen LogP contribution in [0.1, 0.15) is 11.1 Å². The molecular weight excluding hydrogens is 315 g/mol. The summed E-state index contributed by atoms with van der Waals surface area (Å²) in [5, 5.41) is 6.50. The molecule has 25 heavy (non-hydrogen) atoms. The Morgan fingerprint density at radius 2 is 1.64 bits per heavy atom. The van der Waals surface area contributed by atoms with Gasteiger partial charge in [0.1, 0.15) is 5.82 Å². The Balaban J connectivity index is 1.53. The molecule has 0 fully saturated rings. The SMILES string of the molecule is CN=C(NCc1cccc(F)c1)NCc1cccc(N2CC=CC2)c1. The third-order valence-corrected chi connectivity index (χ3v) is 4.13. The van der Waals surface area contributed by atoms with Crippen molar-refractivity contribution in [3.63, 3.8) is 0 Å². The van der Waals surface area contributed by atoms with Gasteiger partial charge in [0.2, 0.25) is 0 Å². The van der Waals surface area contributed by atoms with Gasteiger partial charge in [-0.3, -0.25) is 4.99 Å². The van der Waals surface area contributed by atoms with Gasteiger partial charge in [0.15, 0.2) is 5.96 Å². The van der Waals surface area contributed by atoms with Crippen molar-refractivity contribution in [3.05, 3.63) is 77.6 Å². The van der Waals surface area contributed by atoms with Crippen LogP contribution in [0.15, 0.2) is 65.7 Å². The first kappa shape index (κ1) is 17.0. The van der Waals surface area contributed by atoms with E-state index in [1.807, 2.05) is 6.07 Å². The molecule has 4 nitrogen and oxygen atoms in total. The van der Waals surface area contributed by atoms with Gasteiger partial charge in [-0.2, -0.15) is 0 Å². The Morgan fingerprint density at radius 3 is 2.28 bits per heavy atom. The molecule has 0 aromatic heterocycles. The van der Waals surface area contributed by atoms with E-state index in [4.69, 9.17) is 0 Å². The summed E-state index contributed by atoms with van der Waals surface area (Å²) in [6, 6.07) is 15.1. The molecule has 0 unspecified atom stereocenters. The number of hydrogen-bond donors (Lipinski definition) is 2. The lowest BCUT2D eigenvalue weighted by Crippen LogP contribution is -2.36. The predicted molar refractivity (Wildman–Crippen MR) is 101 cm³/mol. The van der Waals surface area contributed by atoms with E-state index in [0.29, 0.717) is 19.0 Å². The van der Waals surface area contributed by atoms with Crippen LogP contribution in [0, 0.1) is 5.82 Å². The van der Waals surface area contributed by atoms with Crippen molar-refractivity contribution >= 4 is 11.6 Å². The predicted octanol–water partition coefficient (Wildman–Crippen LogP) is 3.07.